The number of ether oxygens (including phenoxy) is 1. The zero-order valence-electron chi connectivity index (χ0n) is 12.4. The second kappa shape index (κ2) is 7.13. The number of nitrogens with zero attached hydrogens (tertiary/aromatic N) is 2. The molecule has 0 amide bonds. The molecule has 0 fully saturated rings. The van der Waals surface area contributed by atoms with E-state index in [1.165, 1.54) is 17.8 Å². The van der Waals surface area contributed by atoms with Crippen molar-refractivity contribution in [3.05, 3.63) is 35.9 Å². The predicted octanol–water partition coefficient (Wildman–Crippen LogP) is 2.40. The van der Waals surface area contributed by atoms with Gasteiger partial charge in [-0.15, -0.1) is 0 Å². The van der Waals surface area contributed by atoms with Crippen LogP contribution in [-0.4, -0.2) is 27.6 Å². The average molecular weight is 318 g/mol. The minimum absolute atomic E-state index is 0.0161. The molecule has 2 rings (SSSR count). The minimum Gasteiger partial charge on any atom is -0.494 e. The van der Waals surface area contributed by atoms with Gasteiger partial charge in [0.05, 0.1) is 11.9 Å². The number of nitrogens with two attached hydrogens (primary N) is 2. The molecule has 1 heterocycles. The summed E-state index contributed by atoms with van der Waals surface area (Å²) in [5, 5.41) is 0.0448. The van der Waals surface area contributed by atoms with Crippen LogP contribution in [0.3, 0.4) is 0 Å². The maximum atomic E-state index is 12.4. The number of hydrogen-bond acceptors (Lipinski definition) is 7. The summed E-state index contributed by atoms with van der Waals surface area (Å²) in [5.74, 6) is 1.30. The van der Waals surface area contributed by atoms with Gasteiger partial charge in [0.2, 0.25) is 0 Å². The molecule has 0 spiro atoms. The quantitative estimate of drug-likeness (QED) is 0.479. The first-order chi connectivity index (χ1) is 10.5. The van der Waals surface area contributed by atoms with Crippen LogP contribution in [0.1, 0.15) is 24.2 Å². The first kappa shape index (κ1) is 16.1. The summed E-state index contributed by atoms with van der Waals surface area (Å²) in [6.45, 7) is 4.30. The Balaban J connectivity index is 2.08. The number of hydrogen-bond donors (Lipinski definition) is 2. The number of carbonyl (C=O) groups is 1. The number of ketones is 1. The van der Waals surface area contributed by atoms with E-state index in [2.05, 4.69) is 9.97 Å². The number of Topliss-reactive ketones (excluding diaryl/α,β-unsaturated/α-hetero) is 1. The highest BCUT2D eigenvalue weighted by Crippen LogP contribution is 2.25. The van der Waals surface area contributed by atoms with Crippen LogP contribution in [-0.2, 0) is 0 Å². The van der Waals surface area contributed by atoms with Crippen molar-refractivity contribution < 1.29 is 9.53 Å². The van der Waals surface area contributed by atoms with Crippen molar-refractivity contribution in [3.8, 4) is 5.75 Å². The minimum atomic E-state index is -0.348. The Morgan fingerprint density at radius 2 is 1.82 bits per heavy atom. The highest BCUT2D eigenvalue weighted by Gasteiger charge is 2.18. The number of nitrogen functional groups attached to an aromatic ring is 2. The van der Waals surface area contributed by atoms with Gasteiger partial charge in [-0.1, -0.05) is 11.8 Å². The highest BCUT2D eigenvalue weighted by atomic mass is 32.2. The molecule has 2 aromatic rings. The molecule has 0 radical (unpaired) electrons. The summed E-state index contributed by atoms with van der Waals surface area (Å²) in [6, 6.07) is 8.53. The molecule has 0 aliphatic carbocycles. The van der Waals surface area contributed by atoms with Gasteiger partial charge in [0.25, 0.3) is 0 Å². The normalized spacial score (nSPS) is 11.9. The van der Waals surface area contributed by atoms with E-state index in [0.717, 1.165) is 5.75 Å². The predicted molar refractivity (Wildman–Crippen MR) is 88.1 cm³/mol. The number of carbonyl (C=O) groups excluding carboxylic acids is 1. The lowest BCUT2D eigenvalue weighted by atomic mass is 10.1. The summed E-state index contributed by atoms with van der Waals surface area (Å²) in [4.78, 5) is 20.5. The van der Waals surface area contributed by atoms with Gasteiger partial charge in [-0.05, 0) is 38.1 Å². The largest absolute Gasteiger partial charge is 0.494 e. The molecule has 4 N–H and O–H groups in total. The summed E-state index contributed by atoms with van der Waals surface area (Å²) < 4.78 is 5.36. The SMILES string of the molecule is CCOc1ccc(C(=O)[C@H](C)Sc2nc(N)cc(N)n2)cc1. The van der Waals surface area contributed by atoms with Crippen molar-refractivity contribution in [2.24, 2.45) is 0 Å². The molecule has 22 heavy (non-hydrogen) atoms. The van der Waals surface area contributed by atoms with Crippen LogP contribution >= 0.6 is 11.8 Å². The third-order valence-corrected chi connectivity index (χ3v) is 3.81. The van der Waals surface area contributed by atoms with Gasteiger partial charge in [-0.2, -0.15) is 0 Å². The smallest absolute Gasteiger partial charge is 0.192 e. The van der Waals surface area contributed by atoms with Crippen LogP contribution in [0.2, 0.25) is 0 Å². The van der Waals surface area contributed by atoms with E-state index in [9.17, 15) is 4.79 Å². The molecule has 6 nitrogen and oxygen atoms in total. The molecule has 0 saturated carbocycles. The summed E-state index contributed by atoms with van der Waals surface area (Å²) >= 11 is 1.23. The van der Waals surface area contributed by atoms with Crippen molar-refractivity contribution in [2.75, 3.05) is 18.1 Å². The molecule has 0 unspecified atom stereocenters. The van der Waals surface area contributed by atoms with E-state index < -0.39 is 0 Å². The molecule has 0 aliphatic heterocycles. The molecular formula is C15H18N4O2S. The van der Waals surface area contributed by atoms with Crippen LogP contribution in [0.4, 0.5) is 11.6 Å². The first-order valence-electron chi connectivity index (χ1n) is 6.83. The maximum absolute atomic E-state index is 12.4. The Bertz CT molecular complexity index is 641. The molecule has 1 aromatic heterocycles. The zero-order chi connectivity index (χ0) is 16.1. The maximum Gasteiger partial charge on any atom is 0.192 e. The number of aromatic nitrogens is 2. The monoisotopic (exact) mass is 318 g/mol. The fourth-order valence-corrected chi connectivity index (χ4v) is 2.72. The fraction of sp³-hybridized carbons (Fsp3) is 0.267. The molecule has 0 saturated heterocycles. The molecule has 0 aliphatic rings. The third kappa shape index (κ3) is 4.11. The summed E-state index contributed by atoms with van der Waals surface area (Å²) in [6.07, 6.45) is 0. The summed E-state index contributed by atoms with van der Waals surface area (Å²) in [5.41, 5.74) is 11.9. The molecule has 0 bridgehead atoms. The van der Waals surface area contributed by atoms with Crippen LogP contribution in [0.5, 0.6) is 5.75 Å². The van der Waals surface area contributed by atoms with Crippen LogP contribution < -0.4 is 16.2 Å². The van der Waals surface area contributed by atoms with E-state index in [1.807, 2.05) is 6.92 Å². The Morgan fingerprint density at radius 3 is 2.36 bits per heavy atom. The molecule has 7 heteroatoms. The Hall–Kier alpha value is -2.28. The number of benzene rings is 1. The van der Waals surface area contributed by atoms with Gasteiger partial charge < -0.3 is 16.2 Å². The highest BCUT2D eigenvalue weighted by molar-refractivity contribution is 8.00. The van der Waals surface area contributed by atoms with E-state index in [1.54, 1.807) is 31.2 Å². The first-order valence-corrected chi connectivity index (χ1v) is 7.71. The van der Waals surface area contributed by atoms with Gasteiger partial charge >= 0.3 is 0 Å². The lowest BCUT2D eigenvalue weighted by molar-refractivity contribution is 0.0994. The Labute approximate surface area is 133 Å². The zero-order valence-corrected chi connectivity index (χ0v) is 13.3. The number of rotatable bonds is 6. The van der Waals surface area contributed by atoms with Crippen molar-refractivity contribution in [3.63, 3.8) is 0 Å². The standard InChI is InChI=1S/C15H18N4O2S/c1-3-21-11-6-4-10(5-7-11)14(20)9(2)22-15-18-12(16)8-13(17)19-15/h4-9H,3H2,1-2H3,(H4,16,17,18,19)/t9-/m0/s1. The summed E-state index contributed by atoms with van der Waals surface area (Å²) in [7, 11) is 0. The van der Waals surface area contributed by atoms with Crippen molar-refractivity contribution >= 4 is 29.2 Å². The topological polar surface area (TPSA) is 104 Å². The van der Waals surface area contributed by atoms with Crippen LogP contribution in [0.15, 0.2) is 35.5 Å². The van der Waals surface area contributed by atoms with E-state index in [-0.39, 0.29) is 22.7 Å². The van der Waals surface area contributed by atoms with Crippen LogP contribution in [0.25, 0.3) is 0 Å². The Morgan fingerprint density at radius 1 is 1.23 bits per heavy atom. The van der Waals surface area contributed by atoms with Crippen molar-refractivity contribution in [1.82, 2.24) is 9.97 Å². The number of anilines is 2. The average Bonchev–Trinajstić information content (AvgIpc) is 2.46. The second-order valence-electron chi connectivity index (χ2n) is 4.58. The van der Waals surface area contributed by atoms with Crippen molar-refractivity contribution in [1.29, 1.82) is 0 Å². The van der Waals surface area contributed by atoms with Crippen molar-refractivity contribution in [2.45, 2.75) is 24.3 Å². The molecule has 116 valence electrons. The molecule has 1 atom stereocenters. The van der Waals surface area contributed by atoms with Gasteiger partial charge in [-0.25, -0.2) is 9.97 Å². The van der Waals surface area contributed by atoms with Gasteiger partial charge in [0.15, 0.2) is 10.9 Å². The fourth-order valence-electron chi connectivity index (χ4n) is 1.84. The molecule has 1 aromatic carbocycles. The number of thioether (sulfide) groups is 1. The lowest BCUT2D eigenvalue weighted by Crippen LogP contribution is -2.14. The van der Waals surface area contributed by atoms with E-state index in [4.69, 9.17) is 16.2 Å². The lowest BCUT2D eigenvalue weighted by Gasteiger charge is -2.10. The van der Waals surface area contributed by atoms with Gasteiger partial charge in [0.1, 0.15) is 17.4 Å². The van der Waals surface area contributed by atoms with E-state index >= 15 is 0 Å². The van der Waals surface area contributed by atoms with Gasteiger partial charge in [-0.3, -0.25) is 4.79 Å². The third-order valence-electron chi connectivity index (χ3n) is 2.85. The van der Waals surface area contributed by atoms with Crippen LogP contribution in [0, 0.1) is 0 Å². The van der Waals surface area contributed by atoms with E-state index in [0.29, 0.717) is 17.3 Å². The van der Waals surface area contributed by atoms with Gasteiger partial charge in [0, 0.05) is 11.6 Å². The molecular weight excluding hydrogens is 300 g/mol. The Kier molecular flexibility index (Phi) is 5.21. The second-order valence-corrected chi connectivity index (χ2v) is 5.89.